The van der Waals surface area contributed by atoms with E-state index in [1.165, 1.54) is 4.57 Å². The highest BCUT2D eigenvalue weighted by molar-refractivity contribution is 6.17. The molecular weight excluding hydrogens is 216 g/mol. The number of hydrogen-bond donors (Lipinski definition) is 1. The molecule has 0 saturated heterocycles. The molecule has 0 aliphatic rings. The first-order valence-electron chi connectivity index (χ1n) is 5.07. The zero-order valence-electron chi connectivity index (χ0n) is 8.75. The van der Waals surface area contributed by atoms with E-state index in [1.54, 1.807) is 6.20 Å². The molecule has 0 aliphatic heterocycles. The van der Waals surface area contributed by atoms with E-state index >= 15 is 0 Å². The van der Waals surface area contributed by atoms with Gasteiger partial charge in [0.25, 0.3) is 5.56 Å². The van der Waals surface area contributed by atoms with Crippen LogP contribution >= 0.6 is 11.6 Å². The first-order valence-corrected chi connectivity index (χ1v) is 5.61. The van der Waals surface area contributed by atoms with Crippen molar-refractivity contribution in [2.45, 2.75) is 32.7 Å². The van der Waals surface area contributed by atoms with Gasteiger partial charge in [0.15, 0.2) is 0 Å². The third-order valence-corrected chi connectivity index (χ3v) is 2.52. The predicted octanol–water partition coefficient (Wildman–Crippen LogP) is 1.12. The van der Waals surface area contributed by atoms with Crippen LogP contribution in [0.2, 0.25) is 0 Å². The minimum Gasteiger partial charge on any atom is -0.300 e. The molecule has 1 rings (SSSR count). The minimum absolute atomic E-state index is 0.281. The van der Waals surface area contributed by atoms with E-state index in [0.717, 1.165) is 12.8 Å². The second kappa shape index (κ2) is 5.75. The number of H-pyrrole nitrogens is 1. The topological polar surface area (TPSA) is 54.9 Å². The molecule has 15 heavy (non-hydrogen) atoms. The van der Waals surface area contributed by atoms with Crippen molar-refractivity contribution >= 4 is 11.6 Å². The van der Waals surface area contributed by atoms with Crippen LogP contribution in [0.4, 0.5) is 0 Å². The Balaban J connectivity index is 2.88. The molecule has 0 aliphatic carbocycles. The maximum Gasteiger partial charge on any atom is 0.328 e. The Morgan fingerprint density at radius 1 is 1.40 bits per heavy atom. The minimum atomic E-state index is -0.341. The van der Waals surface area contributed by atoms with Crippen LogP contribution in [0, 0.1) is 0 Å². The molecule has 0 spiro atoms. The molecule has 0 saturated carbocycles. The van der Waals surface area contributed by atoms with Crippen molar-refractivity contribution in [3.05, 3.63) is 32.6 Å². The van der Waals surface area contributed by atoms with Gasteiger partial charge in [-0.1, -0.05) is 6.92 Å². The molecule has 0 aromatic carbocycles. The van der Waals surface area contributed by atoms with Gasteiger partial charge in [0.1, 0.15) is 0 Å². The highest BCUT2D eigenvalue weighted by Gasteiger charge is 2.02. The summed E-state index contributed by atoms with van der Waals surface area (Å²) in [7, 11) is 0. The summed E-state index contributed by atoms with van der Waals surface area (Å²) in [6.45, 7) is 2.49. The average Bonchev–Trinajstić information content (AvgIpc) is 2.21. The molecule has 0 atom stereocenters. The molecule has 0 unspecified atom stereocenters. The second-order valence-corrected chi connectivity index (χ2v) is 3.73. The molecule has 0 radical (unpaired) electrons. The maximum atomic E-state index is 11.4. The van der Waals surface area contributed by atoms with E-state index in [0.29, 0.717) is 24.4 Å². The SMILES string of the molecule is CCc1cn(CCCCCl)c(=O)[nH]c1=O. The van der Waals surface area contributed by atoms with Crippen LogP contribution < -0.4 is 11.2 Å². The summed E-state index contributed by atoms with van der Waals surface area (Å²) >= 11 is 5.55. The first-order chi connectivity index (χ1) is 7.19. The van der Waals surface area contributed by atoms with Crippen molar-refractivity contribution in [1.82, 2.24) is 9.55 Å². The van der Waals surface area contributed by atoms with Crippen LogP contribution in [0.3, 0.4) is 0 Å². The van der Waals surface area contributed by atoms with E-state index in [2.05, 4.69) is 4.98 Å². The first kappa shape index (κ1) is 12.0. The molecule has 4 nitrogen and oxygen atoms in total. The molecule has 0 bridgehead atoms. The number of nitrogens with one attached hydrogen (secondary N) is 1. The van der Waals surface area contributed by atoms with Crippen molar-refractivity contribution in [3.63, 3.8) is 0 Å². The highest BCUT2D eigenvalue weighted by atomic mass is 35.5. The molecule has 1 heterocycles. The fraction of sp³-hybridized carbons (Fsp3) is 0.600. The number of alkyl halides is 1. The van der Waals surface area contributed by atoms with Crippen LogP contribution in [0.5, 0.6) is 0 Å². The molecule has 0 fully saturated rings. The lowest BCUT2D eigenvalue weighted by Crippen LogP contribution is -2.31. The summed E-state index contributed by atoms with van der Waals surface area (Å²) in [6, 6.07) is 0. The van der Waals surface area contributed by atoms with Gasteiger partial charge in [0.2, 0.25) is 0 Å². The standard InChI is InChI=1S/C10H15ClN2O2/c1-2-8-7-13(6-4-3-5-11)10(15)12-9(8)14/h7H,2-6H2,1H3,(H,12,14,15). The molecule has 1 aromatic heterocycles. The molecule has 84 valence electrons. The zero-order chi connectivity index (χ0) is 11.3. The van der Waals surface area contributed by atoms with E-state index in [9.17, 15) is 9.59 Å². The predicted molar refractivity (Wildman–Crippen MR) is 60.7 cm³/mol. The van der Waals surface area contributed by atoms with E-state index in [-0.39, 0.29) is 11.2 Å². The summed E-state index contributed by atoms with van der Waals surface area (Å²) in [5, 5.41) is 0. The average molecular weight is 231 g/mol. The second-order valence-electron chi connectivity index (χ2n) is 3.36. The Morgan fingerprint density at radius 3 is 2.73 bits per heavy atom. The lowest BCUT2D eigenvalue weighted by Gasteiger charge is -2.05. The summed E-state index contributed by atoms with van der Waals surface area (Å²) in [6.07, 6.45) is 3.98. The largest absolute Gasteiger partial charge is 0.328 e. The number of aromatic amines is 1. The fourth-order valence-electron chi connectivity index (χ4n) is 1.35. The van der Waals surface area contributed by atoms with Crippen molar-refractivity contribution in [3.8, 4) is 0 Å². The van der Waals surface area contributed by atoms with Gasteiger partial charge in [0, 0.05) is 24.2 Å². The lowest BCUT2D eigenvalue weighted by molar-refractivity contribution is 0.593. The smallest absolute Gasteiger partial charge is 0.300 e. The van der Waals surface area contributed by atoms with Crippen molar-refractivity contribution in [2.75, 3.05) is 5.88 Å². The van der Waals surface area contributed by atoms with E-state index in [4.69, 9.17) is 11.6 Å². The Morgan fingerprint density at radius 2 is 2.13 bits per heavy atom. The summed E-state index contributed by atoms with van der Waals surface area (Å²) < 4.78 is 1.53. The number of hydrogen-bond acceptors (Lipinski definition) is 2. The van der Waals surface area contributed by atoms with Crippen LogP contribution in [-0.2, 0) is 13.0 Å². The van der Waals surface area contributed by atoms with Gasteiger partial charge in [-0.2, -0.15) is 0 Å². The molecule has 0 amide bonds. The Bertz CT molecular complexity index is 422. The van der Waals surface area contributed by atoms with Crippen molar-refractivity contribution in [2.24, 2.45) is 0 Å². The van der Waals surface area contributed by atoms with Crippen molar-refractivity contribution in [1.29, 1.82) is 0 Å². The van der Waals surface area contributed by atoms with Gasteiger partial charge < -0.3 is 4.57 Å². The van der Waals surface area contributed by atoms with Gasteiger partial charge in [-0.05, 0) is 19.3 Å². The number of nitrogens with zero attached hydrogens (tertiary/aromatic N) is 1. The molecule has 1 aromatic rings. The van der Waals surface area contributed by atoms with Gasteiger partial charge in [0.05, 0.1) is 0 Å². The van der Waals surface area contributed by atoms with Crippen LogP contribution in [0.25, 0.3) is 0 Å². The summed E-state index contributed by atoms with van der Waals surface area (Å²) in [4.78, 5) is 24.9. The van der Waals surface area contributed by atoms with Gasteiger partial charge in [-0.15, -0.1) is 11.6 Å². The van der Waals surface area contributed by atoms with Gasteiger partial charge in [-0.3, -0.25) is 9.78 Å². The molecule has 1 N–H and O–H groups in total. The Kier molecular flexibility index (Phi) is 4.62. The van der Waals surface area contributed by atoms with Gasteiger partial charge >= 0.3 is 5.69 Å². The number of aryl methyl sites for hydroxylation is 2. The summed E-state index contributed by atoms with van der Waals surface area (Å²) in [5.41, 5.74) is 0.0170. The number of halogens is 1. The van der Waals surface area contributed by atoms with Crippen LogP contribution in [0.15, 0.2) is 15.8 Å². The molecule has 5 heteroatoms. The number of aromatic nitrogens is 2. The quantitative estimate of drug-likeness (QED) is 0.609. The third-order valence-electron chi connectivity index (χ3n) is 2.25. The number of unbranched alkanes of at least 4 members (excludes halogenated alkanes) is 1. The Labute approximate surface area is 92.9 Å². The monoisotopic (exact) mass is 230 g/mol. The Hall–Kier alpha value is -1.03. The highest BCUT2D eigenvalue weighted by Crippen LogP contribution is 1.96. The summed E-state index contributed by atoms with van der Waals surface area (Å²) in [5.74, 6) is 0.596. The van der Waals surface area contributed by atoms with E-state index < -0.39 is 0 Å². The van der Waals surface area contributed by atoms with E-state index in [1.807, 2.05) is 6.92 Å². The normalized spacial score (nSPS) is 10.5. The van der Waals surface area contributed by atoms with Crippen LogP contribution in [0.1, 0.15) is 25.3 Å². The molecular formula is C10H15ClN2O2. The lowest BCUT2D eigenvalue weighted by atomic mass is 10.2. The zero-order valence-corrected chi connectivity index (χ0v) is 9.51. The van der Waals surface area contributed by atoms with Crippen LogP contribution in [-0.4, -0.2) is 15.4 Å². The number of rotatable bonds is 5. The fourth-order valence-corrected chi connectivity index (χ4v) is 1.54. The maximum absolute atomic E-state index is 11.4. The van der Waals surface area contributed by atoms with Crippen molar-refractivity contribution < 1.29 is 0 Å². The third kappa shape index (κ3) is 3.23. The van der Waals surface area contributed by atoms with Gasteiger partial charge in [-0.25, -0.2) is 4.79 Å².